The van der Waals surface area contributed by atoms with E-state index in [0.717, 1.165) is 25.8 Å². The molecule has 0 aromatic rings. The Morgan fingerprint density at radius 1 is 1.50 bits per heavy atom. The van der Waals surface area contributed by atoms with Crippen LogP contribution in [0.5, 0.6) is 0 Å². The molecule has 0 bridgehead atoms. The molecule has 72 valence electrons. The number of likely N-dealkylation sites (tertiary alicyclic amines) is 1. The lowest BCUT2D eigenvalue weighted by atomic mass is 10.1. The lowest BCUT2D eigenvalue weighted by Crippen LogP contribution is -2.34. The zero-order chi connectivity index (χ0) is 8.97. The summed E-state index contributed by atoms with van der Waals surface area (Å²) in [6, 6.07) is 0.309. The highest BCUT2D eigenvalue weighted by Crippen LogP contribution is 2.20. The van der Waals surface area contributed by atoms with Crippen molar-refractivity contribution in [2.24, 2.45) is 5.73 Å². The highest BCUT2D eigenvalue weighted by atomic mass is 19.3. The summed E-state index contributed by atoms with van der Waals surface area (Å²) >= 11 is 0. The molecule has 1 fully saturated rings. The van der Waals surface area contributed by atoms with E-state index in [4.69, 9.17) is 5.73 Å². The van der Waals surface area contributed by atoms with Gasteiger partial charge >= 0.3 is 0 Å². The molecule has 1 unspecified atom stereocenters. The molecule has 2 N–H and O–H groups in total. The normalized spacial score (nSPS) is 25.5. The number of hydrogen-bond donors (Lipinski definition) is 1. The van der Waals surface area contributed by atoms with Gasteiger partial charge in [-0.25, -0.2) is 8.78 Å². The van der Waals surface area contributed by atoms with Gasteiger partial charge in [-0.1, -0.05) is 0 Å². The Morgan fingerprint density at radius 3 is 2.83 bits per heavy atom. The van der Waals surface area contributed by atoms with Crippen molar-refractivity contribution in [3.8, 4) is 0 Å². The summed E-state index contributed by atoms with van der Waals surface area (Å²) in [6.45, 7) is 1.34. The second-order valence-electron chi connectivity index (χ2n) is 3.26. The molecule has 1 saturated heterocycles. The summed E-state index contributed by atoms with van der Waals surface area (Å²) in [6.07, 6.45) is 0.719. The van der Waals surface area contributed by atoms with Crippen molar-refractivity contribution in [2.75, 3.05) is 19.6 Å². The zero-order valence-electron chi connectivity index (χ0n) is 7.18. The fourth-order valence-corrected chi connectivity index (χ4v) is 1.83. The highest BCUT2D eigenvalue weighted by molar-refractivity contribution is 4.79. The van der Waals surface area contributed by atoms with Crippen molar-refractivity contribution in [2.45, 2.75) is 31.7 Å². The molecule has 1 aliphatic rings. The Bertz CT molecular complexity index is 130. The maximum absolute atomic E-state index is 12.0. The fourth-order valence-electron chi connectivity index (χ4n) is 1.83. The van der Waals surface area contributed by atoms with Gasteiger partial charge in [0.1, 0.15) is 0 Å². The van der Waals surface area contributed by atoms with Crippen LogP contribution in [0.15, 0.2) is 0 Å². The second-order valence-corrected chi connectivity index (χ2v) is 3.26. The average molecular weight is 178 g/mol. The molecule has 0 aliphatic carbocycles. The predicted octanol–water partition coefficient (Wildman–Crippen LogP) is 1.06. The van der Waals surface area contributed by atoms with Gasteiger partial charge in [0.25, 0.3) is 6.43 Å². The van der Waals surface area contributed by atoms with E-state index in [1.807, 2.05) is 4.90 Å². The van der Waals surface area contributed by atoms with Crippen molar-refractivity contribution in [1.29, 1.82) is 0 Å². The van der Waals surface area contributed by atoms with Crippen molar-refractivity contribution < 1.29 is 8.78 Å². The summed E-state index contributed by atoms with van der Waals surface area (Å²) < 4.78 is 24.1. The number of halogens is 2. The lowest BCUT2D eigenvalue weighted by Gasteiger charge is -2.23. The van der Waals surface area contributed by atoms with Gasteiger partial charge in [-0.3, -0.25) is 4.90 Å². The van der Waals surface area contributed by atoms with Crippen LogP contribution < -0.4 is 5.73 Å². The summed E-state index contributed by atoms with van der Waals surface area (Å²) in [5.74, 6) is 0. The van der Waals surface area contributed by atoms with Crippen LogP contribution in [-0.4, -0.2) is 37.0 Å². The van der Waals surface area contributed by atoms with E-state index in [1.54, 1.807) is 0 Å². The number of nitrogens with zero attached hydrogens (tertiary/aromatic N) is 1. The van der Waals surface area contributed by atoms with E-state index in [1.165, 1.54) is 0 Å². The summed E-state index contributed by atoms with van der Waals surface area (Å²) in [7, 11) is 0. The van der Waals surface area contributed by atoms with E-state index in [9.17, 15) is 8.78 Å². The molecular formula is C8H16F2N2. The van der Waals surface area contributed by atoms with Gasteiger partial charge in [-0.15, -0.1) is 0 Å². The van der Waals surface area contributed by atoms with Crippen LogP contribution in [0, 0.1) is 0 Å². The third kappa shape index (κ3) is 2.68. The number of nitrogens with two attached hydrogens (primary N) is 1. The van der Waals surface area contributed by atoms with E-state index >= 15 is 0 Å². The maximum atomic E-state index is 12.0. The number of alkyl halides is 2. The first-order valence-electron chi connectivity index (χ1n) is 4.46. The van der Waals surface area contributed by atoms with Crippen molar-refractivity contribution in [3.05, 3.63) is 0 Å². The van der Waals surface area contributed by atoms with Crippen LogP contribution >= 0.6 is 0 Å². The molecular weight excluding hydrogens is 162 g/mol. The quantitative estimate of drug-likeness (QED) is 0.697. The van der Waals surface area contributed by atoms with E-state index in [-0.39, 0.29) is 6.54 Å². The Hall–Kier alpha value is -0.220. The molecule has 0 saturated carbocycles. The predicted molar refractivity (Wildman–Crippen MR) is 44.3 cm³/mol. The Labute approximate surface area is 71.7 Å². The molecule has 4 heteroatoms. The van der Waals surface area contributed by atoms with E-state index in [2.05, 4.69) is 0 Å². The van der Waals surface area contributed by atoms with Gasteiger partial charge in [0, 0.05) is 6.04 Å². The summed E-state index contributed by atoms with van der Waals surface area (Å²) in [5, 5.41) is 0. The fraction of sp³-hybridized carbons (Fsp3) is 1.00. The van der Waals surface area contributed by atoms with Crippen LogP contribution in [0.3, 0.4) is 0 Å². The molecule has 1 rings (SSSR count). The maximum Gasteiger partial charge on any atom is 0.251 e. The topological polar surface area (TPSA) is 29.3 Å². The highest BCUT2D eigenvalue weighted by Gasteiger charge is 2.25. The van der Waals surface area contributed by atoms with Crippen LogP contribution in [0.25, 0.3) is 0 Å². The summed E-state index contributed by atoms with van der Waals surface area (Å²) in [4.78, 5) is 1.86. The molecule has 12 heavy (non-hydrogen) atoms. The van der Waals surface area contributed by atoms with E-state index < -0.39 is 6.43 Å². The molecule has 1 aliphatic heterocycles. The monoisotopic (exact) mass is 178 g/mol. The minimum atomic E-state index is -2.21. The molecule has 1 atom stereocenters. The number of rotatable bonds is 4. The molecule has 0 aromatic carbocycles. The first kappa shape index (κ1) is 9.86. The largest absolute Gasteiger partial charge is 0.330 e. The Balaban J connectivity index is 2.30. The molecule has 1 heterocycles. The minimum absolute atomic E-state index is 0.0787. The second kappa shape index (κ2) is 4.72. The van der Waals surface area contributed by atoms with Gasteiger partial charge in [0.15, 0.2) is 0 Å². The van der Waals surface area contributed by atoms with Crippen LogP contribution in [0.1, 0.15) is 19.3 Å². The SMILES string of the molecule is NCCC1CCCN1CC(F)F. The average Bonchev–Trinajstić information content (AvgIpc) is 2.37. The van der Waals surface area contributed by atoms with Crippen LogP contribution in [-0.2, 0) is 0 Å². The standard InChI is InChI=1S/C8H16F2N2/c9-8(10)6-12-5-1-2-7(12)3-4-11/h7-8H,1-6,11H2. The zero-order valence-corrected chi connectivity index (χ0v) is 7.18. The Kier molecular flexibility index (Phi) is 3.88. The first-order valence-corrected chi connectivity index (χ1v) is 4.46. The van der Waals surface area contributed by atoms with Gasteiger partial charge in [-0.2, -0.15) is 0 Å². The molecule has 0 aromatic heterocycles. The summed E-state index contributed by atoms with van der Waals surface area (Å²) in [5.41, 5.74) is 5.39. The van der Waals surface area contributed by atoms with Gasteiger partial charge < -0.3 is 5.73 Å². The first-order chi connectivity index (χ1) is 5.74. The van der Waals surface area contributed by atoms with Gasteiger partial charge in [0.05, 0.1) is 6.54 Å². The van der Waals surface area contributed by atoms with E-state index in [0.29, 0.717) is 12.6 Å². The molecule has 0 spiro atoms. The minimum Gasteiger partial charge on any atom is -0.330 e. The Morgan fingerprint density at radius 2 is 2.25 bits per heavy atom. The van der Waals surface area contributed by atoms with Gasteiger partial charge in [-0.05, 0) is 32.4 Å². The molecule has 2 nitrogen and oxygen atoms in total. The third-order valence-electron chi connectivity index (χ3n) is 2.37. The van der Waals surface area contributed by atoms with Gasteiger partial charge in [0.2, 0.25) is 0 Å². The van der Waals surface area contributed by atoms with Crippen LogP contribution in [0.4, 0.5) is 8.78 Å². The molecule has 0 radical (unpaired) electrons. The molecule has 0 amide bonds. The lowest BCUT2D eigenvalue weighted by molar-refractivity contribution is 0.0809. The smallest absolute Gasteiger partial charge is 0.251 e. The van der Waals surface area contributed by atoms with Crippen LogP contribution in [0.2, 0.25) is 0 Å². The van der Waals surface area contributed by atoms with Crippen molar-refractivity contribution in [1.82, 2.24) is 4.90 Å². The number of hydrogen-bond acceptors (Lipinski definition) is 2. The van der Waals surface area contributed by atoms with Crippen molar-refractivity contribution in [3.63, 3.8) is 0 Å². The third-order valence-corrected chi connectivity index (χ3v) is 2.37. The van der Waals surface area contributed by atoms with Crippen molar-refractivity contribution >= 4 is 0 Å².